The fourth-order valence-corrected chi connectivity index (χ4v) is 6.98. The summed E-state index contributed by atoms with van der Waals surface area (Å²) in [6.07, 6.45) is 1.40. The van der Waals surface area contributed by atoms with Crippen LogP contribution in [0, 0.1) is 12.7 Å². The lowest BCUT2D eigenvalue weighted by molar-refractivity contribution is -0.123. The minimum absolute atomic E-state index is 0.177. The maximum Gasteiger partial charge on any atom is 0.171 e. The number of aromatic nitrogens is 1. The van der Waals surface area contributed by atoms with Gasteiger partial charge in [-0.3, -0.25) is 9.69 Å². The van der Waals surface area contributed by atoms with Gasteiger partial charge in [0.05, 0.1) is 17.1 Å². The van der Waals surface area contributed by atoms with E-state index in [1.807, 2.05) is 30.5 Å². The van der Waals surface area contributed by atoms with Gasteiger partial charge < -0.3 is 9.41 Å². The van der Waals surface area contributed by atoms with Gasteiger partial charge in [0.1, 0.15) is 17.1 Å². The number of piperidine rings is 1. The van der Waals surface area contributed by atoms with Crippen molar-refractivity contribution >= 4 is 35.0 Å². The third-order valence-electron chi connectivity index (χ3n) is 6.79. The molecule has 2 aliphatic heterocycles. The van der Waals surface area contributed by atoms with Crippen molar-refractivity contribution in [3.8, 4) is 17.0 Å². The molecule has 8 heteroatoms. The topological polar surface area (TPSA) is 56.7 Å². The molecule has 3 aromatic rings. The van der Waals surface area contributed by atoms with E-state index in [4.69, 9.17) is 0 Å². The standard InChI is InChI=1S/C25H26FN3O2S2/c1-16-14-32-27-24(16)21-10-18(6-7-22(21)30)13-28-9-8-25(12-17(28)2)23(31)15-33-29(25)20-5-3-4-19(26)11-20/h3-7,10-11,14,17,30H,8-9,12-13,15H2,1-2H3/t17-,25+/m0/s1. The number of carbonyl (C=O) groups is 1. The number of halogens is 1. The molecular formula is C25H26FN3O2S2. The molecule has 2 fully saturated rings. The van der Waals surface area contributed by atoms with Crippen molar-refractivity contribution in [1.29, 1.82) is 0 Å². The number of phenols is 1. The molecule has 172 valence electrons. The molecule has 0 bridgehead atoms. The summed E-state index contributed by atoms with van der Waals surface area (Å²) >= 11 is 2.88. The van der Waals surface area contributed by atoms with Gasteiger partial charge in [-0.2, -0.15) is 4.37 Å². The highest BCUT2D eigenvalue weighted by atomic mass is 32.2. The lowest BCUT2D eigenvalue weighted by Crippen LogP contribution is -2.57. The van der Waals surface area contributed by atoms with E-state index in [0.717, 1.165) is 41.2 Å². The lowest BCUT2D eigenvalue weighted by atomic mass is 9.80. The first-order valence-electron chi connectivity index (χ1n) is 11.1. The van der Waals surface area contributed by atoms with Gasteiger partial charge in [0.25, 0.3) is 0 Å². The Bertz CT molecular complexity index is 1200. The predicted octanol–water partition coefficient (Wildman–Crippen LogP) is 5.42. The second-order valence-electron chi connectivity index (χ2n) is 8.97. The van der Waals surface area contributed by atoms with Crippen molar-refractivity contribution in [2.75, 3.05) is 16.6 Å². The summed E-state index contributed by atoms with van der Waals surface area (Å²) in [6, 6.07) is 12.4. The molecule has 3 heterocycles. The van der Waals surface area contributed by atoms with E-state index in [-0.39, 0.29) is 23.4 Å². The van der Waals surface area contributed by atoms with Crippen molar-refractivity contribution in [2.45, 2.75) is 44.8 Å². The molecule has 1 aromatic heterocycles. The monoisotopic (exact) mass is 483 g/mol. The van der Waals surface area contributed by atoms with Crippen molar-refractivity contribution in [3.05, 3.63) is 64.8 Å². The first-order valence-corrected chi connectivity index (χ1v) is 12.8. The molecule has 33 heavy (non-hydrogen) atoms. The Kier molecular flexibility index (Phi) is 5.93. The van der Waals surface area contributed by atoms with Crippen LogP contribution in [0.25, 0.3) is 11.3 Å². The summed E-state index contributed by atoms with van der Waals surface area (Å²) in [4.78, 5) is 15.5. The highest BCUT2D eigenvalue weighted by Gasteiger charge is 2.52. The zero-order valence-electron chi connectivity index (χ0n) is 18.6. The van der Waals surface area contributed by atoms with Crippen LogP contribution in [-0.2, 0) is 11.3 Å². The molecule has 2 aromatic carbocycles. The highest BCUT2D eigenvalue weighted by Crippen LogP contribution is 2.46. The van der Waals surface area contributed by atoms with Gasteiger partial charge in [-0.25, -0.2) is 4.39 Å². The molecule has 5 nitrogen and oxygen atoms in total. The van der Waals surface area contributed by atoms with Crippen LogP contribution >= 0.6 is 23.5 Å². The van der Waals surface area contributed by atoms with Crippen molar-refractivity contribution < 1.29 is 14.3 Å². The summed E-state index contributed by atoms with van der Waals surface area (Å²) in [7, 11) is 0. The largest absolute Gasteiger partial charge is 0.507 e. The Balaban J connectivity index is 1.36. The van der Waals surface area contributed by atoms with Gasteiger partial charge in [0, 0.05) is 30.1 Å². The number of hydrogen-bond donors (Lipinski definition) is 1. The van der Waals surface area contributed by atoms with Crippen molar-refractivity contribution in [1.82, 2.24) is 9.27 Å². The van der Waals surface area contributed by atoms with Gasteiger partial charge in [-0.15, -0.1) is 0 Å². The maximum absolute atomic E-state index is 13.9. The average Bonchev–Trinajstić information content (AvgIpc) is 3.35. The number of aryl methyl sites for hydroxylation is 1. The van der Waals surface area contributed by atoms with Crippen molar-refractivity contribution in [3.63, 3.8) is 0 Å². The minimum Gasteiger partial charge on any atom is -0.507 e. The van der Waals surface area contributed by atoms with E-state index in [1.54, 1.807) is 12.1 Å². The normalized spacial score (nSPS) is 23.5. The Morgan fingerprint density at radius 3 is 2.85 bits per heavy atom. The maximum atomic E-state index is 13.9. The zero-order valence-corrected chi connectivity index (χ0v) is 20.3. The van der Waals surface area contributed by atoms with E-state index in [0.29, 0.717) is 18.6 Å². The molecule has 0 unspecified atom stereocenters. The number of likely N-dealkylation sites (tertiary alicyclic amines) is 1. The molecule has 0 saturated carbocycles. The summed E-state index contributed by atoms with van der Waals surface area (Å²) in [6.45, 7) is 5.66. The summed E-state index contributed by atoms with van der Waals surface area (Å²) in [5.74, 6) is 0.607. The number of nitrogens with zero attached hydrogens (tertiary/aromatic N) is 3. The quantitative estimate of drug-likeness (QED) is 0.500. The molecule has 2 atom stereocenters. The molecule has 0 radical (unpaired) electrons. The van der Waals surface area contributed by atoms with Crippen LogP contribution in [0.2, 0.25) is 0 Å². The number of hydrogen-bond acceptors (Lipinski definition) is 7. The fourth-order valence-electron chi connectivity index (χ4n) is 5.01. The van der Waals surface area contributed by atoms with E-state index in [2.05, 4.69) is 20.5 Å². The van der Waals surface area contributed by atoms with Gasteiger partial charge >= 0.3 is 0 Å². The fraction of sp³-hybridized carbons (Fsp3) is 0.360. The van der Waals surface area contributed by atoms with E-state index < -0.39 is 5.54 Å². The van der Waals surface area contributed by atoms with Crippen LogP contribution in [-0.4, -0.2) is 44.0 Å². The Labute approximate surface area is 201 Å². The number of aromatic hydroxyl groups is 1. The molecule has 1 N–H and O–H groups in total. The van der Waals surface area contributed by atoms with Gasteiger partial charge in [0.2, 0.25) is 0 Å². The predicted molar refractivity (Wildman–Crippen MR) is 132 cm³/mol. The van der Waals surface area contributed by atoms with Crippen molar-refractivity contribution in [2.24, 2.45) is 0 Å². The number of carbonyl (C=O) groups excluding carboxylic acids is 1. The first-order chi connectivity index (χ1) is 15.9. The molecule has 2 saturated heterocycles. The number of ketones is 1. The number of benzene rings is 2. The Morgan fingerprint density at radius 1 is 1.27 bits per heavy atom. The molecule has 1 spiro atoms. The van der Waals surface area contributed by atoms with Gasteiger partial charge in [-0.1, -0.05) is 12.1 Å². The lowest BCUT2D eigenvalue weighted by Gasteiger charge is -2.47. The third-order valence-corrected chi connectivity index (χ3v) is 8.75. The number of Topliss-reactive ketones (excluding diaryl/α,β-unsaturated/α-hetero) is 1. The molecular weight excluding hydrogens is 457 g/mol. The minimum atomic E-state index is -0.591. The van der Waals surface area contributed by atoms with E-state index in [9.17, 15) is 14.3 Å². The van der Waals surface area contributed by atoms with Crippen LogP contribution in [0.1, 0.15) is 30.9 Å². The average molecular weight is 484 g/mol. The van der Waals surface area contributed by atoms with E-state index in [1.165, 1.54) is 35.6 Å². The number of anilines is 1. The third kappa shape index (κ3) is 4.05. The molecule has 2 aliphatic rings. The van der Waals surface area contributed by atoms with Gasteiger partial charge in [0.15, 0.2) is 5.78 Å². The second-order valence-corrected chi connectivity index (χ2v) is 10.5. The van der Waals surface area contributed by atoms with Gasteiger partial charge in [-0.05, 0) is 91.6 Å². The van der Waals surface area contributed by atoms with Crippen LogP contribution in [0.15, 0.2) is 47.8 Å². The van der Waals surface area contributed by atoms with Crippen LogP contribution < -0.4 is 4.31 Å². The summed E-state index contributed by atoms with van der Waals surface area (Å²) in [5, 5.41) is 12.4. The SMILES string of the molecule is Cc1csnc1-c1cc(CN2CC[C@@]3(C[C@@H]2C)C(=O)CSN3c2cccc(F)c2)ccc1O. The van der Waals surface area contributed by atoms with Crippen LogP contribution in [0.4, 0.5) is 10.1 Å². The summed E-state index contributed by atoms with van der Waals surface area (Å²) < 4.78 is 20.4. The summed E-state index contributed by atoms with van der Waals surface area (Å²) in [5.41, 5.74) is 3.90. The first kappa shape index (κ1) is 22.4. The smallest absolute Gasteiger partial charge is 0.171 e. The molecule has 0 aliphatic carbocycles. The highest BCUT2D eigenvalue weighted by molar-refractivity contribution is 8.02. The second kappa shape index (κ2) is 8.74. The molecule has 5 rings (SSSR count). The Morgan fingerprint density at radius 2 is 2.12 bits per heavy atom. The number of rotatable bonds is 4. The van der Waals surface area contributed by atoms with Crippen LogP contribution in [0.5, 0.6) is 5.75 Å². The Hall–Kier alpha value is -2.42. The van der Waals surface area contributed by atoms with E-state index >= 15 is 0 Å². The molecule has 0 amide bonds. The number of phenolic OH excluding ortho intramolecular Hbond substituents is 1. The van der Waals surface area contributed by atoms with Crippen LogP contribution in [0.3, 0.4) is 0 Å². The zero-order chi connectivity index (χ0) is 23.2.